The van der Waals surface area contributed by atoms with Crippen LogP contribution in [0.1, 0.15) is 35.2 Å². The first-order chi connectivity index (χ1) is 11.9. The van der Waals surface area contributed by atoms with Crippen LogP contribution in [0.4, 0.5) is 8.78 Å². The number of halogens is 2. The number of aliphatic hydroxyl groups excluding tert-OH is 1. The summed E-state index contributed by atoms with van der Waals surface area (Å²) >= 11 is 0. The van der Waals surface area contributed by atoms with E-state index in [1.54, 1.807) is 34.1 Å². The number of hydrogen-bond acceptors (Lipinski definition) is 4. The zero-order valence-electron chi connectivity index (χ0n) is 13.9. The maximum Gasteiger partial charge on any atom is 0.262 e. The van der Waals surface area contributed by atoms with Crippen LogP contribution in [0.3, 0.4) is 0 Å². The number of carbonyl (C=O) groups is 1. The molecule has 0 saturated carbocycles. The van der Waals surface area contributed by atoms with Crippen LogP contribution in [0.5, 0.6) is 0 Å². The van der Waals surface area contributed by atoms with Crippen LogP contribution in [0, 0.1) is 11.3 Å². The van der Waals surface area contributed by atoms with Gasteiger partial charge in [0.25, 0.3) is 11.8 Å². The molecule has 1 aromatic rings. The lowest BCUT2D eigenvalue weighted by Crippen LogP contribution is -2.49. The summed E-state index contributed by atoms with van der Waals surface area (Å²) < 4.78 is 27.3. The van der Waals surface area contributed by atoms with Gasteiger partial charge >= 0.3 is 0 Å². The third kappa shape index (κ3) is 3.80. The van der Waals surface area contributed by atoms with Crippen molar-refractivity contribution in [1.82, 2.24) is 9.80 Å². The van der Waals surface area contributed by atoms with Crippen molar-refractivity contribution >= 4 is 5.91 Å². The van der Waals surface area contributed by atoms with Crippen LogP contribution < -0.4 is 0 Å². The maximum atomic E-state index is 13.6. The van der Waals surface area contributed by atoms with Gasteiger partial charge in [-0.2, -0.15) is 5.26 Å². The molecule has 0 spiro atoms. The number of hydrogen-bond donors (Lipinski definition) is 1. The summed E-state index contributed by atoms with van der Waals surface area (Å²) in [5.74, 6) is -2.85. The summed E-state index contributed by atoms with van der Waals surface area (Å²) in [4.78, 5) is 16.0. The SMILES string of the molecule is N#Cc1ccc(C(=O)N2CCC(N3CC(F)(F)C[C@H]3CO)CC2)cc1. The fourth-order valence-electron chi connectivity index (χ4n) is 3.79. The molecule has 1 N–H and O–H groups in total. The molecule has 5 nitrogen and oxygen atoms in total. The molecule has 2 heterocycles. The van der Waals surface area contributed by atoms with Crippen molar-refractivity contribution in [3.8, 4) is 6.07 Å². The quantitative estimate of drug-likeness (QED) is 0.905. The van der Waals surface area contributed by atoms with Crippen LogP contribution in [0.2, 0.25) is 0 Å². The topological polar surface area (TPSA) is 67.6 Å². The number of rotatable bonds is 3. The molecule has 1 amide bonds. The van der Waals surface area contributed by atoms with E-state index in [2.05, 4.69) is 0 Å². The molecule has 1 aromatic carbocycles. The predicted octanol–water partition coefficient (Wildman–Crippen LogP) is 1.86. The summed E-state index contributed by atoms with van der Waals surface area (Å²) in [7, 11) is 0. The number of alkyl halides is 2. The Morgan fingerprint density at radius 3 is 2.48 bits per heavy atom. The number of benzene rings is 1. The number of aliphatic hydroxyl groups is 1. The van der Waals surface area contributed by atoms with Crippen molar-refractivity contribution in [2.45, 2.75) is 37.3 Å². The van der Waals surface area contributed by atoms with E-state index in [0.29, 0.717) is 37.1 Å². The molecule has 7 heteroatoms. The van der Waals surface area contributed by atoms with Gasteiger partial charge in [-0.1, -0.05) is 0 Å². The number of nitriles is 1. The lowest BCUT2D eigenvalue weighted by atomic mass is 10.0. The standard InChI is InChI=1S/C18H21F2N3O2/c19-18(20)9-16(11-24)23(12-18)15-5-7-22(8-6-15)17(25)14-3-1-13(10-21)2-4-14/h1-4,15-16,24H,5-9,11-12H2/t16-/m0/s1. The number of piperidine rings is 1. The normalized spacial score (nSPS) is 24.2. The fraction of sp³-hybridized carbons (Fsp3) is 0.556. The largest absolute Gasteiger partial charge is 0.395 e. The Bertz CT molecular complexity index is 664. The molecule has 1 atom stereocenters. The molecule has 0 aromatic heterocycles. The van der Waals surface area contributed by atoms with E-state index in [4.69, 9.17) is 5.26 Å². The lowest BCUT2D eigenvalue weighted by molar-refractivity contribution is 0.00296. The molecule has 2 aliphatic rings. The predicted molar refractivity (Wildman–Crippen MR) is 87.2 cm³/mol. The van der Waals surface area contributed by atoms with Gasteiger partial charge in [-0.15, -0.1) is 0 Å². The molecular formula is C18H21F2N3O2. The summed E-state index contributed by atoms with van der Waals surface area (Å²) in [5.41, 5.74) is 1.03. The van der Waals surface area contributed by atoms with Crippen molar-refractivity contribution in [1.29, 1.82) is 5.26 Å². The highest BCUT2D eigenvalue weighted by molar-refractivity contribution is 5.94. The number of amides is 1. The van der Waals surface area contributed by atoms with Gasteiger partial charge in [0, 0.05) is 37.2 Å². The second kappa shape index (κ2) is 7.06. The third-order valence-corrected chi connectivity index (χ3v) is 5.11. The molecule has 3 rings (SSSR count). The van der Waals surface area contributed by atoms with Gasteiger partial charge in [-0.25, -0.2) is 8.78 Å². The van der Waals surface area contributed by atoms with Gasteiger partial charge in [-0.05, 0) is 37.1 Å². The Balaban J connectivity index is 1.60. The first-order valence-corrected chi connectivity index (χ1v) is 8.47. The van der Waals surface area contributed by atoms with E-state index in [1.165, 1.54) is 0 Å². The summed E-state index contributed by atoms with van der Waals surface area (Å²) in [6.45, 7) is 0.430. The van der Waals surface area contributed by atoms with Crippen molar-refractivity contribution in [3.63, 3.8) is 0 Å². The molecule has 25 heavy (non-hydrogen) atoms. The van der Waals surface area contributed by atoms with Crippen LogP contribution in [0.25, 0.3) is 0 Å². The van der Waals surface area contributed by atoms with Crippen molar-refractivity contribution in [3.05, 3.63) is 35.4 Å². The van der Waals surface area contributed by atoms with E-state index in [0.717, 1.165) is 0 Å². The van der Waals surface area contributed by atoms with E-state index in [-0.39, 0.29) is 31.5 Å². The van der Waals surface area contributed by atoms with Crippen LogP contribution in [0.15, 0.2) is 24.3 Å². The molecule has 0 unspecified atom stereocenters. The van der Waals surface area contributed by atoms with Gasteiger partial charge in [0.15, 0.2) is 0 Å². The monoisotopic (exact) mass is 349 g/mol. The van der Waals surface area contributed by atoms with Gasteiger partial charge in [0.2, 0.25) is 0 Å². The molecular weight excluding hydrogens is 328 g/mol. The maximum absolute atomic E-state index is 13.6. The van der Waals surface area contributed by atoms with E-state index >= 15 is 0 Å². The Morgan fingerprint density at radius 2 is 1.92 bits per heavy atom. The lowest BCUT2D eigenvalue weighted by Gasteiger charge is -2.38. The third-order valence-electron chi connectivity index (χ3n) is 5.11. The number of nitrogens with zero attached hydrogens (tertiary/aromatic N) is 3. The highest BCUT2D eigenvalue weighted by Gasteiger charge is 2.47. The van der Waals surface area contributed by atoms with Gasteiger partial charge < -0.3 is 10.0 Å². The molecule has 2 aliphatic heterocycles. The minimum Gasteiger partial charge on any atom is -0.395 e. The smallest absolute Gasteiger partial charge is 0.262 e. The number of likely N-dealkylation sites (tertiary alicyclic amines) is 2. The van der Waals surface area contributed by atoms with Gasteiger partial charge in [0.05, 0.1) is 24.8 Å². The van der Waals surface area contributed by atoms with E-state index in [1.807, 2.05) is 6.07 Å². The van der Waals surface area contributed by atoms with Crippen LogP contribution in [-0.2, 0) is 0 Å². The molecule has 0 bridgehead atoms. The van der Waals surface area contributed by atoms with Gasteiger partial charge in [0.1, 0.15) is 0 Å². The molecule has 0 radical (unpaired) electrons. The first kappa shape index (κ1) is 17.8. The fourth-order valence-corrected chi connectivity index (χ4v) is 3.79. The first-order valence-electron chi connectivity index (χ1n) is 8.47. The second-order valence-electron chi connectivity index (χ2n) is 6.78. The summed E-state index contributed by atoms with van der Waals surface area (Å²) in [6, 6.07) is 7.97. The molecule has 134 valence electrons. The van der Waals surface area contributed by atoms with E-state index < -0.39 is 12.0 Å². The zero-order chi connectivity index (χ0) is 18.0. The minimum absolute atomic E-state index is 0.0319. The Morgan fingerprint density at radius 1 is 1.28 bits per heavy atom. The minimum atomic E-state index is -2.75. The van der Waals surface area contributed by atoms with Crippen molar-refractivity contribution in [2.75, 3.05) is 26.2 Å². The summed E-state index contributed by atoms with van der Waals surface area (Å²) in [5, 5.41) is 18.2. The van der Waals surface area contributed by atoms with Gasteiger partial charge in [-0.3, -0.25) is 9.69 Å². The van der Waals surface area contributed by atoms with Crippen LogP contribution in [-0.4, -0.2) is 65.1 Å². The number of carbonyl (C=O) groups excluding carboxylic acids is 1. The average Bonchev–Trinajstić information content (AvgIpc) is 2.96. The Kier molecular flexibility index (Phi) is 5.02. The van der Waals surface area contributed by atoms with E-state index in [9.17, 15) is 18.7 Å². The zero-order valence-corrected chi connectivity index (χ0v) is 13.9. The average molecular weight is 349 g/mol. The molecule has 2 fully saturated rings. The second-order valence-corrected chi connectivity index (χ2v) is 6.78. The van der Waals surface area contributed by atoms with Crippen molar-refractivity contribution < 1.29 is 18.7 Å². The Labute approximate surface area is 145 Å². The molecule has 0 aliphatic carbocycles. The Hall–Kier alpha value is -2.04. The van der Waals surface area contributed by atoms with Crippen molar-refractivity contribution in [2.24, 2.45) is 0 Å². The highest BCUT2D eigenvalue weighted by atomic mass is 19.3. The highest BCUT2D eigenvalue weighted by Crippen LogP contribution is 2.35. The molecule has 2 saturated heterocycles. The van der Waals surface area contributed by atoms with Crippen LogP contribution >= 0.6 is 0 Å². The summed E-state index contributed by atoms with van der Waals surface area (Å²) in [6.07, 6.45) is 0.942.